The van der Waals surface area contributed by atoms with Gasteiger partial charge in [-0.3, -0.25) is 0 Å². The molecule has 0 fully saturated rings. The quantitative estimate of drug-likeness (QED) is 0.589. The fourth-order valence-corrected chi connectivity index (χ4v) is 1.22. The molecule has 1 aromatic rings. The highest BCUT2D eigenvalue weighted by Gasteiger charge is 2.02. The third-order valence-electron chi connectivity index (χ3n) is 1.99. The maximum Gasteiger partial charge on any atom is 0.143 e. The predicted octanol–water partition coefficient (Wildman–Crippen LogP) is 2.55. The zero-order valence-electron chi connectivity index (χ0n) is 8.79. The molecule has 0 aromatic heterocycles. The Balaban J connectivity index is 2.79. The van der Waals surface area contributed by atoms with Crippen LogP contribution in [-0.4, -0.2) is 13.7 Å². The standard InChI is InChI=1S/C12H14N2O/c1-3-4-7-14-11-6-5-10(9-13)8-12(11)15-2/h3,5-6,8,14H,1,4,7H2,2H3. The number of nitrogens with zero attached hydrogens (tertiary/aromatic N) is 1. The summed E-state index contributed by atoms with van der Waals surface area (Å²) in [7, 11) is 1.59. The Bertz CT molecular complexity index is 380. The molecule has 0 aliphatic carbocycles. The van der Waals surface area contributed by atoms with E-state index >= 15 is 0 Å². The lowest BCUT2D eigenvalue weighted by Gasteiger charge is -2.10. The maximum atomic E-state index is 8.72. The van der Waals surface area contributed by atoms with Crippen molar-refractivity contribution in [2.24, 2.45) is 0 Å². The van der Waals surface area contributed by atoms with E-state index in [0.717, 1.165) is 18.7 Å². The lowest BCUT2D eigenvalue weighted by atomic mass is 10.2. The molecule has 0 atom stereocenters. The Labute approximate surface area is 90.0 Å². The Morgan fingerprint density at radius 3 is 3.00 bits per heavy atom. The number of rotatable bonds is 5. The average molecular weight is 202 g/mol. The summed E-state index contributed by atoms with van der Waals surface area (Å²) in [4.78, 5) is 0. The monoisotopic (exact) mass is 202 g/mol. The van der Waals surface area contributed by atoms with Crippen molar-refractivity contribution >= 4 is 5.69 Å². The molecule has 0 heterocycles. The summed E-state index contributed by atoms with van der Waals surface area (Å²) in [5.74, 6) is 0.693. The van der Waals surface area contributed by atoms with Crippen molar-refractivity contribution in [3.8, 4) is 11.8 Å². The highest BCUT2D eigenvalue weighted by Crippen LogP contribution is 2.25. The van der Waals surface area contributed by atoms with Crippen molar-refractivity contribution in [1.82, 2.24) is 0 Å². The largest absolute Gasteiger partial charge is 0.495 e. The number of benzene rings is 1. The van der Waals surface area contributed by atoms with E-state index in [9.17, 15) is 0 Å². The normalized spacial score (nSPS) is 9.07. The van der Waals surface area contributed by atoms with Gasteiger partial charge in [0.05, 0.1) is 24.4 Å². The van der Waals surface area contributed by atoms with Gasteiger partial charge in [0.15, 0.2) is 0 Å². The lowest BCUT2D eigenvalue weighted by Crippen LogP contribution is -2.02. The second kappa shape index (κ2) is 5.71. The maximum absolute atomic E-state index is 8.72. The predicted molar refractivity (Wildman–Crippen MR) is 61.0 cm³/mol. The molecule has 1 rings (SSSR count). The summed E-state index contributed by atoms with van der Waals surface area (Å²) in [6.45, 7) is 4.46. The van der Waals surface area contributed by atoms with Crippen LogP contribution in [0, 0.1) is 11.3 Å². The van der Waals surface area contributed by atoms with Gasteiger partial charge in [0.25, 0.3) is 0 Å². The average Bonchev–Trinajstić information content (AvgIpc) is 2.29. The van der Waals surface area contributed by atoms with Gasteiger partial charge in [-0.05, 0) is 18.6 Å². The summed E-state index contributed by atoms with van der Waals surface area (Å²) in [5.41, 5.74) is 1.50. The fourth-order valence-electron chi connectivity index (χ4n) is 1.22. The molecule has 0 aliphatic heterocycles. The van der Waals surface area contributed by atoms with Gasteiger partial charge in [0.1, 0.15) is 5.75 Å². The van der Waals surface area contributed by atoms with Crippen LogP contribution in [0.15, 0.2) is 30.9 Å². The van der Waals surface area contributed by atoms with E-state index in [1.807, 2.05) is 12.1 Å². The van der Waals surface area contributed by atoms with Crippen molar-refractivity contribution in [2.75, 3.05) is 19.0 Å². The molecule has 0 saturated carbocycles. The molecule has 0 unspecified atom stereocenters. The molecule has 15 heavy (non-hydrogen) atoms. The van der Waals surface area contributed by atoms with Crippen molar-refractivity contribution < 1.29 is 4.74 Å². The van der Waals surface area contributed by atoms with Crippen molar-refractivity contribution in [3.05, 3.63) is 36.4 Å². The Kier molecular flexibility index (Phi) is 4.24. The van der Waals surface area contributed by atoms with Crippen molar-refractivity contribution in [1.29, 1.82) is 5.26 Å². The van der Waals surface area contributed by atoms with Gasteiger partial charge in [-0.1, -0.05) is 6.08 Å². The SMILES string of the molecule is C=CCCNc1ccc(C#N)cc1OC. The van der Waals surface area contributed by atoms with E-state index < -0.39 is 0 Å². The minimum atomic E-state index is 0.598. The number of anilines is 1. The zero-order chi connectivity index (χ0) is 11.1. The van der Waals surface area contributed by atoms with E-state index in [2.05, 4.69) is 18.0 Å². The van der Waals surface area contributed by atoms with Crippen molar-refractivity contribution in [2.45, 2.75) is 6.42 Å². The van der Waals surface area contributed by atoms with Gasteiger partial charge in [-0.15, -0.1) is 6.58 Å². The number of methoxy groups -OCH3 is 1. The Morgan fingerprint density at radius 1 is 1.60 bits per heavy atom. The molecule has 1 aromatic carbocycles. The molecule has 0 saturated heterocycles. The molecular formula is C12H14N2O. The minimum Gasteiger partial charge on any atom is -0.495 e. The van der Waals surface area contributed by atoms with Crippen LogP contribution >= 0.6 is 0 Å². The summed E-state index contributed by atoms with van der Waals surface area (Å²) in [6.07, 6.45) is 2.74. The van der Waals surface area contributed by atoms with E-state index in [4.69, 9.17) is 10.00 Å². The fraction of sp³-hybridized carbons (Fsp3) is 0.250. The molecule has 0 amide bonds. The first-order valence-electron chi connectivity index (χ1n) is 4.74. The summed E-state index contributed by atoms with van der Waals surface area (Å²) >= 11 is 0. The van der Waals surface area contributed by atoms with Gasteiger partial charge in [-0.25, -0.2) is 0 Å². The van der Waals surface area contributed by atoms with E-state index in [0.29, 0.717) is 11.3 Å². The topological polar surface area (TPSA) is 45.0 Å². The van der Waals surface area contributed by atoms with Crippen LogP contribution < -0.4 is 10.1 Å². The molecule has 3 nitrogen and oxygen atoms in total. The summed E-state index contributed by atoms with van der Waals surface area (Å²) in [5, 5.41) is 11.9. The molecule has 0 spiro atoms. The summed E-state index contributed by atoms with van der Waals surface area (Å²) < 4.78 is 5.18. The molecule has 78 valence electrons. The zero-order valence-corrected chi connectivity index (χ0v) is 8.79. The van der Waals surface area contributed by atoms with Gasteiger partial charge < -0.3 is 10.1 Å². The van der Waals surface area contributed by atoms with E-state index in [1.165, 1.54) is 0 Å². The number of hydrogen-bond donors (Lipinski definition) is 1. The first kappa shape index (κ1) is 11.1. The van der Waals surface area contributed by atoms with Crippen LogP contribution in [0.4, 0.5) is 5.69 Å². The van der Waals surface area contributed by atoms with Crippen LogP contribution in [0.5, 0.6) is 5.75 Å². The first-order valence-corrected chi connectivity index (χ1v) is 4.74. The van der Waals surface area contributed by atoms with Gasteiger partial charge in [0, 0.05) is 12.6 Å². The third kappa shape index (κ3) is 3.03. The molecule has 0 radical (unpaired) electrons. The van der Waals surface area contributed by atoms with E-state index in [-0.39, 0.29) is 0 Å². The van der Waals surface area contributed by atoms with Crippen LogP contribution in [0.25, 0.3) is 0 Å². The molecule has 3 heteroatoms. The van der Waals surface area contributed by atoms with Crippen LogP contribution in [-0.2, 0) is 0 Å². The minimum absolute atomic E-state index is 0.598. The first-order chi connectivity index (χ1) is 7.31. The van der Waals surface area contributed by atoms with Gasteiger partial charge in [-0.2, -0.15) is 5.26 Å². The number of nitrogens with one attached hydrogen (secondary N) is 1. The van der Waals surface area contributed by atoms with Crippen LogP contribution in [0.2, 0.25) is 0 Å². The lowest BCUT2D eigenvalue weighted by molar-refractivity contribution is 0.416. The van der Waals surface area contributed by atoms with Crippen LogP contribution in [0.1, 0.15) is 12.0 Å². The molecule has 0 bridgehead atoms. The van der Waals surface area contributed by atoms with Crippen molar-refractivity contribution in [3.63, 3.8) is 0 Å². The number of nitriles is 1. The molecule has 0 aliphatic rings. The van der Waals surface area contributed by atoms with Gasteiger partial charge in [0.2, 0.25) is 0 Å². The third-order valence-corrected chi connectivity index (χ3v) is 1.99. The van der Waals surface area contributed by atoms with Crippen LogP contribution in [0.3, 0.4) is 0 Å². The summed E-state index contributed by atoms with van der Waals surface area (Å²) in [6, 6.07) is 7.40. The van der Waals surface area contributed by atoms with Gasteiger partial charge >= 0.3 is 0 Å². The molecular weight excluding hydrogens is 188 g/mol. The second-order valence-electron chi connectivity index (χ2n) is 3.03. The van der Waals surface area contributed by atoms with E-state index in [1.54, 1.807) is 19.2 Å². The molecule has 1 N–H and O–H groups in total. The highest BCUT2D eigenvalue weighted by molar-refractivity contribution is 5.59. The smallest absolute Gasteiger partial charge is 0.143 e. The number of hydrogen-bond acceptors (Lipinski definition) is 3. The number of ether oxygens (including phenoxy) is 1. The Hall–Kier alpha value is -1.95. The highest BCUT2D eigenvalue weighted by atomic mass is 16.5. The Morgan fingerprint density at radius 2 is 2.40 bits per heavy atom. The second-order valence-corrected chi connectivity index (χ2v) is 3.03.